The Hall–Kier alpha value is -4.07. The van der Waals surface area contributed by atoms with E-state index in [0.717, 1.165) is 4.47 Å². The largest absolute Gasteiger partial charge is 0.478 e. The molecule has 0 bridgehead atoms. The summed E-state index contributed by atoms with van der Waals surface area (Å²) >= 11 is 0. The SMILES string of the molecule is Cc1cc2c(cc1C(=O)O)NC(=O)/C2=C(/Nc1ccc(S(=O)(=O)N(C)OCCN(C)CCO)cc1)c1ccccc1. The first-order valence-corrected chi connectivity index (χ1v) is 14.2. The van der Waals surface area contributed by atoms with Gasteiger partial charge in [0.1, 0.15) is 0 Å². The van der Waals surface area contributed by atoms with Crippen LogP contribution in [0.5, 0.6) is 0 Å². The molecule has 0 unspecified atom stereocenters. The number of amides is 1. The summed E-state index contributed by atoms with van der Waals surface area (Å²) in [5.74, 6) is -1.48. The minimum absolute atomic E-state index is 0.00380. The van der Waals surface area contributed by atoms with Gasteiger partial charge in [0.2, 0.25) is 0 Å². The van der Waals surface area contributed by atoms with E-state index in [2.05, 4.69) is 10.6 Å². The predicted octanol–water partition coefficient (Wildman–Crippen LogP) is 3.10. The number of aliphatic hydroxyl groups is 1. The average molecular weight is 581 g/mol. The molecule has 0 radical (unpaired) electrons. The number of hydrogen-bond acceptors (Lipinski definition) is 8. The zero-order valence-corrected chi connectivity index (χ0v) is 23.7. The summed E-state index contributed by atoms with van der Waals surface area (Å²) in [4.78, 5) is 32.0. The highest BCUT2D eigenvalue weighted by molar-refractivity contribution is 7.89. The van der Waals surface area contributed by atoms with Gasteiger partial charge in [-0.1, -0.05) is 34.8 Å². The number of rotatable bonds is 12. The van der Waals surface area contributed by atoms with Crippen molar-refractivity contribution < 1.29 is 33.1 Å². The Bertz CT molecular complexity index is 1570. The van der Waals surface area contributed by atoms with E-state index < -0.39 is 21.9 Å². The second-order valence-electron chi connectivity index (χ2n) is 9.51. The zero-order valence-electron chi connectivity index (χ0n) is 22.9. The second-order valence-corrected chi connectivity index (χ2v) is 11.4. The molecule has 41 heavy (non-hydrogen) atoms. The minimum Gasteiger partial charge on any atom is -0.478 e. The number of benzene rings is 3. The van der Waals surface area contributed by atoms with Crippen LogP contribution in [0.4, 0.5) is 11.4 Å². The third kappa shape index (κ3) is 6.64. The Morgan fingerprint density at radius 1 is 1.02 bits per heavy atom. The number of aryl methyl sites for hydroxylation is 1. The molecule has 0 fully saturated rings. The maximum atomic E-state index is 13.2. The van der Waals surface area contributed by atoms with Crippen molar-refractivity contribution in [3.63, 3.8) is 0 Å². The molecule has 3 aromatic carbocycles. The Morgan fingerprint density at radius 2 is 1.71 bits per heavy atom. The monoisotopic (exact) mass is 580 g/mol. The number of aliphatic hydroxyl groups excluding tert-OH is 1. The van der Waals surface area contributed by atoms with Gasteiger partial charge in [0.15, 0.2) is 0 Å². The van der Waals surface area contributed by atoms with Crippen LogP contribution >= 0.6 is 0 Å². The molecule has 0 saturated carbocycles. The third-order valence-corrected chi connectivity index (χ3v) is 8.29. The van der Waals surface area contributed by atoms with E-state index in [1.807, 2.05) is 35.2 Å². The van der Waals surface area contributed by atoms with Crippen LogP contribution in [-0.2, 0) is 19.7 Å². The van der Waals surface area contributed by atoms with E-state index >= 15 is 0 Å². The Labute approximate surface area is 238 Å². The number of nitrogens with one attached hydrogen (secondary N) is 2. The van der Waals surface area contributed by atoms with Crippen LogP contribution in [0, 0.1) is 6.92 Å². The van der Waals surface area contributed by atoms with Gasteiger partial charge in [-0.15, -0.1) is 0 Å². The van der Waals surface area contributed by atoms with Crippen LogP contribution in [0.2, 0.25) is 0 Å². The van der Waals surface area contributed by atoms with Gasteiger partial charge in [0, 0.05) is 31.4 Å². The van der Waals surface area contributed by atoms with Gasteiger partial charge >= 0.3 is 5.97 Å². The smallest absolute Gasteiger partial charge is 0.336 e. The molecule has 3 aromatic rings. The zero-order chi connectivity index (χ0) is 29.7. The molecule has 11 nitrogen and oxygen atoms in total. The van der Waals surface area contributed by atoms with Gasteiger partial charge in [-0.25, -0.2) is 13.2 Å². The third-order valence-electron chi connectivity index (χ3n) is 6.64. The van der Waals surface area contributed by atoms with E-state index in [1.165, 1.54) is 25.2 Å². The topological polar surface area (TPSA) is 149 Å². The first-order valence-electron chi connectivity index (χ1n) is 12.8. The lowest BCUT2D eigenvalue weighted by molar-refractivity contribution is -0.110. The number of fused-ring (bicyclic) bond motifs is 1. The summed E-state index contributed by atoms with van der Waals surface area (Å²) in [6, 6.07) is 18.4. The molecule has 1 aliphatic rings. The molecule has 1 heterocycles. The second kappa shape index (κ2) is 12.6. The van der Waals surface area contributed by atoms with Crippen molar-refractivity contribution in [3.8, 4) is 0 Å². The molecule has 0 atom stereocenters. The Kier molecular flexibility index (Phi) is 9.21. The summed E-state index contributed by atoms with van der Waals surface area (Å²) < 4.78 is 26.8. The number of aromatic carboxylic acids is 1. The summed E-state index contributed by atoms with van der Waals surface area (Å²) in [5, 5.41) is 24.5. The highest BCUT2D eigenvalue weighted by Gasteiger charge is 2.30. The number of carbonyl (C=O) groups is 2. The number of carboxylic acids is 1. The standard InChI is InChI=1S/C29H32N4O7S/c1-19-17-24-25(18-23(19)29(36)37)31-28(35)26(24)27(20-7-5-4-6-8-20)30-21-9-11-22(12-10-21)41(38,39)33(3)40-16-14-32(2)13-15-34/h4-12,17-18,30,34H,13-16H2,1-3H3,(H,31,35)(H,36,37)/b27-26+. The van der Waals surface area contributed by atoms with E-state index in [-0.39, 0.29) is 23.7 Å². The fraction of sp³-hybridized carbons (Fsp3) is 0.241. The van der Waals surface area contributed by atoms with Gasteiger partial charge in [0.05, 0.1) is 40.6 Å². The molecular formula is C29H32N4O7S. The number of nitrogens with zero attached hydrogens (tertiary/aromatic N) is 2. The van der Waals surface area contributed by atoms with Gasteiger partial charge in [-0.05, 0) is 61.5 Å². The maximum Gasteiger partial charge on any atom is 0.336 e. The highest BCUT2D eigenvalue weighted by Crippen LogP contribution is 2.39. The first-order chi connectivity index (χ1) is 19.5. The fourth-order valence-corrected chi connectivity index (χ4v) is 5.36. The van der Waals surface area contributed by atoms with Crippen molar-refractivity contribution in [2.75, 3.05) is 51.0 Å². The van der Waals surface area contributed by atoms with Crippen molar-refractivity contribution in [2.45, 2.75) is 11.8 Å². The van der Waals surface area contributed by atoms with Crippen molar-refractivity contribution in [1.29, 1.82) is 0 Å². The lowest BCUT2D eigenvalue weighted by atomic mass is 9.96. The lowest BCUT2D eigenvalue weighted by Gasteiger charge is -2.20. The van der Waals surface area contributed by atoms with Crippen molar-refractivity contribution >= 4 is 44.5 Å². The van der Waals surface area contributed by atoms with Crippen LogP contribution in [0.1, 0.15) is 27.0 Å². The van der Waals surface area contributed by atoms with Crippen LogP contribution < -0.4 is 10.6 Å². The molecule has 4 N–H and O–H groups in total. The average Bonchev–Trinajstić information content (AvgIpc) is 3.26. The van der Waals surface area contributed by atoms with Crippen molar-refractivity contribution in [3.05, 3.63) is 89.0 Å². The Balaban J connectivity index is 1.63. The summed E-state index contributed by atoms with van der Waals surface area (Å²) in [7, 11) is -0.824. The summed E-state index contributed by atoms with van der Waals surface area (Å²) in [6.07, 6.45) is 0. The normalized spacial score (nSPS) is 14.2. The number of anilines is 2. The maximum absolute atomic E-state index is 13.2. The quantitative estimate of drug-likeness (QED) is 0.187. The van der Waals surface area contributed by atoms with Crippen LogP contribution in [-0.4, -0.2) is 80.3 Å². The minimum atomic E-state index is -3.94. The van der Waals surface area contributed by atoms with Gasteiger partial charge in [-0.2, -0.15) is 0 Å². The molecule has 1 aliphatic heterocycles. The molecule has 0 aromatic heterocycles. The van der Waals surface area contributed by atoms with Crippen molar-refractivity contribution in [1.82, 2.24) is 9.37 Å². The fourth-order valence-electron chi connectivity index (χ4n) is 4.37. The molecular weight excluding hydrogens is 548 g/mol. The molecule has 216 valence electrons. The molecule has 12 heteroatoms. The van der Waals surface area contributed by atoms with E-state index in [0.29, 0.717) is 52.4 Å². The molecule has 0 saturated heterocycles. The Morgan fingerprint density at radius 3 is 2.34 bits per heavy atom. The van der Waals surface area contributed by atoms with E-state index in [4.69, 9.17) is 9.94 Å². The van der Waals surface area contributed by atoms with Crippen LogP contribution in [0.3, 0.4) is 0 Å². The highest BCUT2D eigenvalue weighted by atomic mass is 32.2. The number of likely N-dealkylation sites (N-methyl/N-ethyl adjacent to an activating group) is 1. The number of hydrogen-bond donors (Lipinski definition) is 4. The van der Waals surface area contributed by atoms with Gasteiger partial charge < -0.3 is 25.7 Å². The van der Waals surface area contributed by atoms with Gasteiger partial charge in [-0.3, -0.25) is 9.63 Å². The molecule has 4 rings (SSSR count). The molecule has 1 amide bonds. The predicted molar refractivity (Wildman–Crippen MR) is 156 cm³/mol. The summed E-state index contributed by atoms with van der Waals surface area (Å²) in [5.41, 5.74) is 3.63. The number of carboxylic acid groups (broad SMARTS) is 1. The van der Waals surface area contributed by atoms with E-state index in [1.54, 1.807) is 32.2 Å². The number of hydroxylamine groups is 1. The number of sulfonamides is 1. The number of carbonyl (C=O) groups excluding carboxylic acids is 1. The van der Waals surface area contributed by atoms with Crippen LogP contribution in [0.15, 0.2) is 71.6 Å². The lowest BCUT2D eigenvalue weighted by Crippen LogP contribution is -2.32. The van der Waals surface area contributed by atoms with Gasteiger partial charge in [0.25, 0.3) is 15.9 Å². The van der Waals surface area contributed by atoms with E-state index in [9.17, 15) is 23.1 Å². The van der Waals surface area contributed by atoms with Crippen molar-refractivity contribution in [2.24, 2.45) is 0 Å². The molecule has 0 aliphatic carbocycles. The van der Waals surface area contributed by atoms with Crippen LogP contribution in [0.25, 0.3) is 11.3 Å². The summed E-state index contributed by atoms with van der Waals surface area (Å²) in [6.45, 7) is 2.68. The molecule has 0 spiro atoms. The first kappa shape index (κ1) is 29.9.